The normalized spacial score (nSPS) is 10.5. The van der Waals surface area contributed by atoms with E-state index in [4.69, 9.17) is 0 Å². The van der Waals surface area contributed by atoms with Gasteiger partial charge in [-0.2, -0.15) is 0 Å². The maximum absolute atomic E-state index is 12.1. The molecule has 5 nitrogen and oxygen atoms in total. The fraction of sp³-hybridized carbons (Fsp3) is 0.0625. The van der Waals surface area contributed by atoms with Crippen molar-refractivity contribution in [2.75, 3.05) is 11.1 Å². The molecule has 1 aromatic heterocycles. The van der Waals surface area contributed by atoms with Gasteiger partial charge in [0.05, 0.1) is 11.4 Å². The lowest BCUT2D eigenvalue weighted by Crippen LogP contribution is -2.14. The molecule has 1 amide bonds. The maximum Gasteiger partial charge on any atom is 0.234 e. The Labute approximate surface area is 146 Å². The van der Waals surface area contributed by atoms with Crippen LogP contribution in [0.1, 0.15) is 0 Å². The molecule has 0 fully saturated rings. The van der Waals surface area contributed by atoms with E-state index in [1.807, 2.05) is 59.2 Å². The summed E-state index contributed by atoms with van der Waals surface area (Å²) in [5.41, 5.74) is 1.72. The highest BCUT2D eigenvalue weighted by Gasteiger charge is 2.11. The minimum Gasteiger partial charge on any atom is -0.324 e. The summed E-state index contributed by atoms with van der Waals surface area (Å²) in [6.45, 7) is 0. The molecular weight excluding hydrogens is 376 g/mol. The number of anilines is 1. The minimum absolute atomic E-state index is 0.0930. The monoisotopic (exact) mass is 388 g/mol. The van der Waals surface area contributed by atoms with E-state index in [1.165, 1.54) is 11.8 Å². The second kappa shape index (κ2) is 7.43. The van der Waals surface area contributed by atoms with Crippen molar-refractivity contribution in [1.82, 2.24) is 14.8 Å². The van der Waals surface area contributed by atoms with E-state index in [0.29, 0.717) is 5.16 Å². The molecule has 3 rings (SSSR count). The Morgan fingerprint density at radius 3 is 2.65 bits per heavy atom. The quantitative estimate of drug-likeness (QED) is 0.675. The van der Waals surface area contributed by atoms with Crippen molar-refractivity contribution in [2.45, 2.75) is 5.16 Å². The zero-order valence-electron chi connectivity index (χ0n) is 12.0. The average Bonchev–Trinajstić information content (AvgIpc) is 3.04. The Bertz CT molecular complexity index is 807. The van der Waals surface area contributed by atoms with Gasteiger partial charge in [0.1, 0.15) is 6.33 Å². The summed E-state index contributed by atoms with van der Waals surface area (Å²) in [7, 11) is 0. The molecule has 7 heteroatoms. The van der Waals surface area contributed by atoms with Crippen molar-refractivity contribution in [3.05, 3.63) is 65.4 Å². The van der Waals surface area contributed by atoms with Crippen LogP contribution in [0.4, 0.5) is 5.69 Å². The third-order valence-electron chi connectivity index (χ3n) is 3.03. The molecule has 0 aliphatic rings. The molecule has 0 unspecified atom stereocenters. The first kappa shape index (κ1) is 15.8. The lowest BCUT2D eigenvalue weighted by molar-refractivity contribution is -0.113. The van der Waals surface area contributed by atoms with Crippen molar-refractivity contribution in [3.63, 3.8) is 0 Å². The number of carbonyl (C=O) groups excluding carboxylic acids is 1. The molecular formula is C16H13BrN4OS. The molecule has 0 radical (unpaired) electrons. The van der Waals surface area contributed by atoms with Gasteiger partial charge in [-0.15, -0.1) is 10.2 Å². The second-order valence-electron chi connectivity index (χ2n) is 4.64. The number of hydrogen-bond donors (Lipinski definition) is 1. The first-order valence-corrected chi connectivity index (χ1v) is 8.64. The number of hydrogen-bond acceptors (Lipinski definition) is 4. The third kappa shape index (κ3) is 4.00. The molecule has 0 aliphatic heterocycles. The smallest absolute Gasteiger partial charge is 0.234 e. The van der Waals surface area contributed by atoms with Crippen LogP contribution in [0.15, 0.2) is 70.6 Å². The molecule has 0 saturated heterocycles. The van der Waals surface area contributed by atoms with Crippen LogP contribution >= 0.6 is 27.7 Å². The lowest BCUT2D eigenvalue weighted by atomic mass is 10.3. The fourth-order valence-electron chi connectivity index (χ4n) is 1.97. The number of benzene rings is 2. The van der Waals surface area contributed by atoms with Crippen LogP contribution in [0.5, 0.6) is 0 Å². The Kier molecular flexibility index (Phi) is 5.09. The van der Waals surface area contributed by atoms with Crippen molar-refractivity contribution in [2.24, 2.45) is 0 Å². The van der Waals surface area contributed by atoms with Crippen LogP contribution in [0.3, 0.4) is 0 Å². The highest BCUT2D eigenvalue weighted by atomic mass is 79.9. The third-order valence-corrected chi connectivity index (χ3v) is 4.67. The molecule has 116 valence electrons. The van der Waals surface area contributed by atoms with Crippen molar-refractivity contribution in [1.29, 1.82) is 0 Å². The summed E-state index contributed by atoms with van der Waals surface area (Å²) in [6.07, 6.45) is 1.64. The van der Waals surface area contributed by atoms with Crippen LogP contribution in [0.2, 0.25) is 0 Å². The summed E-state index contributed by atoms with van der Waals surface area (Å²) >= 11 is 4.75. The van der Waals surface area contributed by atoms with Gasteiger partial charge in [-0.1, -0.05) is 42.1 Å². The summed E-state index contributed by atoms with van der Waals surface area (Å²) in [5.74, 6) is 0.164. The number of carbonyl (C=O) groups is 1. The average molecular weight is 389 g/mol. The molecule has 1 N–H and O–H groups in total. The Morgan fingerprint density at radius 1 is 1.13 bits per heavy atom. The molecule has 0 aliphatic carbocycles. The van der Waals surface area contributed by atoms with Gasteiger partial charge in [0, 0.05) is 10.2 Å². The highest BCUT2D eigenvalue weighted by molar-refractivity contribution is 9.10. The number of rotatable bonds is 5. The first-order valence-electron chi connectivity index (χ1n) is 6.86. The molecule has 1 heterocycles. The van der Waals surface area contributed by atoms with Crippen LogP contribution in [0.25, 0.3) is 5.69 Å². The number of aromatic nitrogens is 3. The minimum atomic E-state index is -0.0930. The molecule has 0 atom stereocenters. The van der Waals surface area contributed by atoms with Crippen LogP contribution < -0.4 is 5.32 Å². The Morgan fingerprint density at radius 2 is 1.87 bits per heavy atom. The number of halogens is 1. The molecule has 23 heavy (non-hydrogen) atoms. The topological polar surface area (TPSA) is 59.8 Å². The van der Waals surface area contributed by atoms with Crippen molar-refractivity contribution < 1.29 is 4.79 Å². The number of nitrogens with one attached hydrogen (secondary N) is 1. The van der Waals surface area contributed by atoms with Gasteiger partial charge in [-0.25, -0.2) is 0 Å². The standard InChI is InChI=1S/C16H13BrN4OS/c17-13-8-4-5-9-14(13)19-15(22)10-23-16-20-18-11-21(16)12-6-2-1-3-7-12/h1-9,11H,10H2,(H,19,22). The lowest BCUT2D eigenvalue weighted by Gasteiger charge is -2.08. The molecule has 0 spiro atoms. The van der Waals surface area contributed by atoms with Gasteiger partial charge in [0.15, 0.2) is 5.16 Å². The predicted molar refractivity (Wildman–Crippen MR) is 94.9 cm³/mol. The summed E-state index contributed by atoms with van der Waals surface area (Å²) in [4.78, 5) is 12.1. The summed E-state index contributed by atoms with van der Waals surface area (Å²) in [6, 6.07) is 17.3. The van der Waals surface area contributed by atoms with Gasteiger partial charge in [-0.3, -0.25) is 9.36 Å². The number of para-hydroxylation sites is 2. The van der Waals surface area contributed by atoms with E-state index in [2.05, 4.69) is 31.4 Å². The van der Waals surface area contributed by atoms with Gasteiger partial charge in [0.2, 0.25) is 5.91 Å². The highest BCUT2D eigenvalue weighted by Crippen LogP contribution is 2.23. The first-order chi connectivity index (χ1) is 11.2. The maximum atomic E-state index is 12.1. The molecule has 0 bridgehead atoms. The number of thioether (sulfide) groups is 1. The van der Waals surface area contributed by atoms with Crippen LogP contribution in [0, 0.1) is 0 Å². The predicted octanol–water partition coefficient (Wildman–Crippen LogP) is 3.76. The van der Waals surface area contributed by atoms with E-state index < -0.39 is 0 Å². The molecule has 0 saturated carbocycles. The largest absolute Gasteiger partial charge is 0.324 e. The van der Waals surface area contributed by atoms with E-state index >= 15 is 0 Å². The zero-order chi connectivity index (χ0) is 16.1. The van der Waals surface area contributed by atoms with E-state index in [9.17, 15) is 4.79 Å². The Balaban J connectivity index is 1.64. The molecule has 2 aromatic carbocycles. The summed E-state index contributed by atoms with van der Waals surface area (Å²) < 4.78 is 2.71. The van der Waals surface area contributed by atoms with Crippen LogP contribution in [-0.4, -0.2) is 26.4 Å². The van der Waals surface area contributed by atoms with Gasteiger partial charge in [0.25, 0.3) is 0 Å². The van der Waals surface area contributed by atoms with Crippen LogP contribution in [-0.2, 0) is 4.79 Å². The summed E-state index contributed by atoms with van der Waals surface area (Å²) in [5, 5.41) is 11.6. The zero-order valence-corrected chi connectivity index (χ0v) is 14.4. The second-order valence-corrected chi connectivity index (χ2v) is 6.43. The van der Waals surface area contributed by atoms with E-state index in [0.717, 1.165) is 15.8 Å². The fourth-order valence-corrected chi connectivity index (χ4v) is 3.08. The SMILES string of the molecule is O=C(CSc1nncn1-c1ccccc1)Nc1ccccc1Br. The van der Waals surface area contributed by atoms with Crippen molar-refractivity contribution in [3.8, 4) is 5.69 Å². The van der Waals surface area contributed by atoms with E-state index in [1.54, 1.807) is 6.33 Å². The van der Waals surface area contributed by atoms with Gasteiger partial charge < -0.3 is 5.32 Å². The number of amides is 1. The number of nitrogens with zero attached hydrogens (tertiary/aromatic N) is 3. The van der Waals surface area contributed by atoms with E-state index in [-0.39, 0.29) is 11.7 Å². The van der Waals surface area contributed by atoms with Gasteiger partial charge >= 0.3 is 0 Å². The molecule has 3 aromatic rings. The van der Waals surface area contributed by atoms with Gasteiger partial charge in [-0.05, 0) is 40.2 Å². The van der Waals surface area contributed by atoms with Crippen molar-refractivity contribution >= 4 is 39.3 Å². The Hall–Kier alpha value is -2.12.